The zero-order chi connectivity index (χ0) is 14.1. The van der Waals surface area contributed by atoms with Gasteiger partial charge in [-0.25, -0.2) is 0 Å². The molecule has 1 amide bonds. The Balaban J connectivity index is 1.85. The number of amides is 1. The van der Waals surface area contributed by atoms with E-state index in [1.54, 1.807) is 25.5 Å². The predicted molar refractivity (Wildman–Crippen MR) is 74.8 cm³/mol. The summed E-state index contributed by atoms with van der Waals surface area (Å²) in [5, 5.41) is 3.58. The summed E-state index contributed by atoms with van der Waals surface area (Å²) < 4.78 is 6.71. The SMILES string of the molecule is Cn1cc(C(=O)NCC2CCOC2)c2cc[nH]c2c1=O. The molecule has 106 valence electrons. The summed E-state index contributed by atoms with van der Waals surface area (Å²) in [4.78, 5) is 27.1. The van der Waals surface area contributed by atoms with E-state index in [9.17, 15) is 9.59 Å². The Hall–Kier alpha value is -2.08. The molecule has 3 rings (SSSR count). The Bertz CT molecular complexity index is 695. The summed E-state index contributed by atoms with van der Waals surface area (Å²) in [7, 11) is 1.64. The number of aromatic nitrogens is 2. The normalized spacial score (nSPS) is 18.6. The van der Waals surface area contributed by atoms with Crippen molar-refractivity contribution >= 4 is 16.8 Å². The molecule has 0 saturated carbocycles. The minimum absolute atomic E-state index is 0.134. The van der Waals surface area contributed by atoms with E-state index in [-0.39, 0.29) is 11.5 Å². The lowest BCUT2D eigenvalue weighted by Gasteiger charge is -2.11. The van der Waals surface area contributed by atoms with Crippen LogP contribution in [-0.4, -0.2) is 35.2 Å². The second-order valence-corrected chi connectivity index (χ2v) is 5.16. The number of pyridine rings is 1. The van der Waals surface area contributed by atoms with Gasteiger partial charge in [0.15, 0.2) is 0 Å². The van der Waals surface area contributed by atoms with Crippen LogP contribution in [0.25, 0.3) is 10.9 Å². The van der Waals surface area contributed by atoms with Crippen molar-refractivity contribution in [3.63, 3.8) is 0 Å². The van der Waals surface area contributed by atoms with Gasteiger partial charge >= 0.3 is 0 Å². The highest BCUT2D eigenvalue weighted by Gasteiger charge is 2.18. The molecule has 0 bridgehead atoms. The van der Waals surface area contributed by atoms with Gasteiger partial charge in [-0.05, 0) is 12.5 Å². The van der Waals surface area contributed by atoms with E-state index in [0.717, 1.165) is 13.0 Å². The molecule has 0 radical (unpaired) electrons. The van der Waals surface area contributed by atoms with Crippen molar-refractivity contribution in [1.29, 1.82) is 0 Å². The second-order valence-electron chi connectivity index (χ2n) is 5.16. The van der Waals surface area contributed by atoms with Crippen LogP contribution in [0.15, 0.2) is 23.3 Å². The van der Waals surface area contributed by atoms with Gasteiger partial charge in [0.1, 0.15) is 5.52 Å². The van der Waals surface area contributed by atoms with Crippen LogP contribution < -0.4 is 10.9 Å². The van der Waals surface area contributed by atoms with Crippen molar-refractivity contribution in [2.75, 3.05) is 19.8 Å². The van der Waals surface area contributed by atoms with Gasteiger partial charge in [-0.3, -0.25) is 9.59 Å². The molecule has 3 heterocycles. The minimum atomic E-state index is -0.155. The number of fused-ring (bicyclic) bond motifs is 1. The molecule has 0 spiro atoms. The smallest absolute Gasteiger partial charge is 0.274 e. The van der Waals surface area contributed by atoms with Gasteiger partial charge in [-0.2, -0.15) is 0 Å². The molecule has 6 nitrogen and oxygen atoms in total. The van der Waals surface area contributed by atoms with E-state index in [1.165, 1.54) is 4.57 Å². The van der Waals surface area contributed by atoms with Crippen LogP contribution in [-0.2, 0) is 11.8 Å². The maximum absolute atomic E-state index is 12.3. The van der Waals surface area contributed by atoms with Crippen molar-refractivity contribution in [3.8, 4) is 0 Å². The molecule has 1 atom stereocenters. The van der Waals surface area contributed by atoms with Gasteiger partial charge in [-0.1, -0.05) is 0 Å². The van der Waals surface area contributed by atoms with Crippen molar-refractivity contribution in [3.05, 3.63) is 34.4 Å². The number of carbonyl (C=O) groups excluding carboxylic acids is 1. The maximum atomic E-state index is 12.3. The largest absolute Gasteiger partial charge is 0.381 e. The van der Waals surface area contributed by atoms with Crippen LogP contribution in [0.2, 0.25) is 0 Å². The van der Waals surface area contributed by atoms with Crippen molar-refractivity contribution < 1.29 is 9.53 Å². The zero-order valence-electron chi connectivity index (χ0n) is 11.3. The number of rotatable bonds is 3. The summed E-state index contributed by atoms with van der Waals surface area (Å²) in [6, 6.07) is 1.75. The Labute approximate surface area is 115 Å². The number of nitrogens with one attached hydrogen (secondary N) is 2. The highest BCUT2D eigenvalue weighted by molar-refractivity contribution is 6.05. The van der Waals surface area contributed by atoms with Crippen molar-refractivity contribution in [1.82, 2.24) is 14.9 Å². The molecule has 6 heteroatoms. The average molecular weight is 275 g/mol. The van der Waals surface area contributed by atoms with Gasteiger partial charge in [0.05, 0.1) is 12.2 Å². The Kier molecular flexibility index (Phi) is 3.31. The molecule has 1 saturated heterocycles. The number of aryl methyl sites for hydroxylation is 1. The molecule has 1 aliphatic rings. The second kappa shape index (κ2) is 5.13. The number of aromatic amines is 1. The monoisotopic (exact) mass is 275 g/mol. The Morgan fingerprint density at radius 2 is 2.45 bits per heavy atom. The summed E-state index contributed by atoms with van der Waals surface area (Å²) in [6.07, 6.45) is 4.24. The summed E-state index contributed by atoms with van der Waals surface area (Å²) in [5.41, 5.74) is 0.845. The van der Waals surface area contributed by atoms with Crippen LogP contribution in [0.1, 0.15) is 16.8 Å². The van der Waals surface area contributed by atoms with E-state index in [2.05, 4.69) is 10.3 Å². The minimum Gasteiger partial charge on any atom is -0.381 e. The number of nitrogens with zero attached hydrogens (tertiary/aromatic N) is 1. The zero-order valence-corrected chi connectivity index (χ0v) is 11.3. The van der Waals surface area contributed by atoms with Gasteiger partial charge in [-0.15, -0.1) is 0 Å². The molecule has 0 aliphatic carbocycles. The molecule has 0 aromatic carbocycles. The number of H-pyrrole nitrogens is 1. The van der Waals surface area contributed by atoms with Crippen LogP contribution in [0.5, 0.6) is 0 Å². The fourth-order valence-corrected chi connectivity index (χ4v) is 2.53. The van der Waals surface area contributed by atoms with Crippen molar-refractivity contribution in [2.45, 2.75) is 6.42 Å². The molecule has 20 heavy (non-hydrogen) atoms. The van der Waals surface area contributed by atoms with E-state index in [1.807, 2.05) is 0 Å². The first kappa shape index (κ1) is 12.9. The maximum Gasteiger partial charge on any atom is 0.274 e. The number of hydrogen-bond donors (Lipinski definition) is 2. The standard InChI is InChI=1S/C14H17N3O3/c1-17-7-11(10-2-4-15-12(10)14(17)19)13(18)16-6-9-3-5-20-8-9/h2,4,7,9,15H,3,5-6,8H2,1H3,(H,16,18). The topological polar surface area (TPSA) is 76.1 Å². The highest BCUT2D eigenvalue weighted by Crippen LogP contribution is 2.15. The Morgan fingerprint density at radius 1 is 1.60 bits per heavy atom. The third-order valence-electron chi connectivity index (χ3n) is 3.71. The lowest BCUT2D eigenvalue weighted by Crippen LogP contribution is -2.31. The molecule has 1 fully saturated rings. The highest BCUT2D eigenvalue weighted by atomic mass is 16.5. The average Bonchev–Trinajstić information content (AvgIpc) is 3.10. The van der Waals surface area contributed by atoms with Gasteiger partial charge < -0.3 is 19.6 Å². The summed E-state index contributed by atoms with van der Waals surface area (Å²) in [5.74, 6) is 0.227. The molecule has 1 unspecified atom stereocenters. The molecule has 2 aromatic heterocycles. The first-order valence-electron chi connectivity index (χ1n) is 6.69. The number of hydrogen-bond acceptors (Lipinski definition) is 3. The quantitative estimate of drug-likeness (QED) is 0.862. The number of carbonyl (C=O) groups is 1. The van der Waals surface area contributed by atoms with Crippen LogP contribution in [0, 0.1) is 5.92 Å². The third-order valence-corrected chi connectivity index (χ3v) is 3.71. The third kappa shape index (κ3) is 2.22. The van der Waals surface area contributed by atoms with Gasteiger partial charge in [0.2, 0.25) is 0 Å². The van der Waals surface area contributed by atoms with Crippen LogP contribution in [0.4, 0.5) is 0 Å². The first-order chi connectivity index (χ1) is 9.66. The lowest BCUT2D eigenvalue weighted by atomic mass is 10.1. The number of ether oxygens (including phenoxy) is 1. The summed E-state index contributed by atoms with van der Waals surface area (Å²) >= 11 is 0. The fraction of sp³-hybridized carbons (Fsp3) is 0.429. The molecular weight excluding hydrogens is 258 g/mol. The molecular formula is C14H17N3O3. The molecule has 2 aromatic rings. The van der Waals surface area contributed by atoms with Crippen LogP contribution in [0.3, 0.4) is 0 Å². The molecule has 2 N–H and O–H groups in total. The van der Waals surface area contributed by atoms with Gasteiger partial charge in [0.25, 0.3) is 11.5 Å². The fourth-order valence-electron chi connectivity index (χ4n) is 2.53. The van der Waals surface area contributed by atoms with E-state index >= 15 is 0 Å². The Morgan fingerprint density at radius 3 is 3.20 bits per heavy atom. The van der Waals surface area contributed by atoms with E-state index in [4.69, 9.17) is 4.74 Å². The van der Waals surface area contributed by atoms with E-state index < -0.39 is 0 Å². The van der Waals surface area contributed by atoms with E-state index in [0.29, 0.717) is 35.5 Å². The van der Waals surface area contributed by atoms with Crippen LogP contribution >= 0.6 is 0 Å². The van der Waals surface area contributed by atoms with Crippen molar-refractivity contribution in [2.24, 2.45) is 13.0 Å². The summed E-state index contributed by atoms with van der Waals surface area (Å²) in [6.45, 7) is 2.07. The molecule has 1 aliphatic heterocycles. The van der Waals surface area contributed by atoms with Gasteiger partial charge in [0, 0.05) is 43.9 Å². The first-order valence-corrected chi connectivity index (χ1v) is 6.69. The lowest BCUT2D eigenvalue weighted by molar-refractivity contribution is 0.0946. The predicted octanol–water partition coefficient (Wildman–Crippen LogP) is 0.633.